The SMILES string of the molecule is O=C(NC(CSC(=O)c1ccccc1)C(=O)N[C@@H](Cc1c[nH]c2ccccc12)C(=O)O)c1ccccc1. The third-order valence-corrected chi connectivity index (χ3v) is 6.76. The number of hydrogen-bond acceptors (Lipinski definition) is 5. The molecular formula is C28H25N3O5S. The number of aromatic nitrogens is 1. The van der Waals surface area contributed by atoms with Gasteiger partial charge in [0.15, 0.2) is 0 Å². The molecule has 1 unspecified atom stereocenters. The molecule has 2 atom stereocenters. The summed E-state index contributed by atoms with van der Waals surface area (Å²) in [6.07, 6.45) is 1.76. The second-order valence-electron chi connectivity index (χ2n) is 8.32. The molecule has 4 aromatic rings. The number of rotatable bonds is 10. The number of aliphatic carboxylic acids is 1. The Kier molecular flexibility index (Phi) is 8.37. The van der Waals surface area contributed by atoms with Gasteiger partial charge in [0.1, 0.15) is 12.1 Å². The zero-order chi connectivity index (χ0) is 26.2. The molecule has 0 bridgehead atoms. The highest BCUT2D eigenvalue weighted by Gasteiger charge is 2.28. The quantitative estimate of drug-likeness (QED) is 0.255. The van der Waals surface area contributed by atoms with E-state index in [-0.39, 0.29) is 17.3 Å². The number of hydrogen-bond donors (Lipinski definition) is 4. The van der Waals surface area contributed by atoms with Gasteiger partial charge in [-0.3, -0.25) is 14.4 Å². The molecule has 0 saturated carbocycles. The molecule has 8 nitrogen and oxygen atoms in total. The average molecular weight is 516 g/mol. The minimum absolute atomic E-state index is 0.0422. The molecular weight excluding hydrogens is 490 g/mol. The van der Waals surface area contributed by atoms with Gasteiger partial charge in [-0.2, -0.15) is 0 Å². The molecule has 0 saturated heterocycles. The van der Waals surface area contributed by atoms with Crippen LogP contribution in [0.1, 0.15) is 26.3 Å². The number of carbonyl (C=O) groups excluding carboxylic acids is 3. The van der Waals surface area contributed by atoms with Gasteiger partial charge in [-0.1, -0.05) is 78.5 Å². The van der Waals surface area contributed by atoms with Crippen LogP contribution in [0.5, 0.6) is 0 Å². The maximum absolute atomic E-state index is 13.2. The molecule has 1 aromatic heterocycles. The zero-order valence-corrected chi connectivity index (χ0v) is 20.5. The van der Waals surface area contributed by atoms with Crippen molar-refractivity contribution in [1.29, 1.82) is 0 Å². The van der Waals surface area contributed by atoms with E-state index in [1.165, 1.54) is 0 Å². The van der Waals surface area contributed by atoms with E-state index in [4.69, 9.17) is 0 Å². The summed E-state index contributed by atoms with van der Waals surface area (Å²) in [4.78, 5) is 53.8. The number of carboxylic acids is 1. The molecule has 2 amide bonds. The Hall–Kier alpha value is -4.37. The molecule has 4 N–H and O–H groups in total. The van der Waals surface area contributed by atoms with Crippen molar-refractivity contribution >= 4 is 45.6 Å². The topological polar surface area (TPSA) is 128 Å². The van der Waals surface area contributed by atoms with E-state index in [1.54, 1.807) is 66.9 Å². The van der Waals surface area contributed by atoms with Crippen LogP contribution in [0.15, 0.2) is 91.1 Å². The van der Waals surface area contributed by atoms with Crippen molar-refractivity contribution in [3.8, 4) is 0 Å². The molecule has 0 aliphatic carbocycles. The van der Waals surface area contributed by atoms with E-state index in [9.17, 15) is 24.3 Å². The lowest BCUT2D eigenvalue weighted by Gasteiger charge is -2.21. The average Bonchev–Trinajstić information content (AvgIpc) is 3.34. The first-order chi connectivity index (χ1) is 17.9. The molecule has 0 radical (unpaired) electrons. The number of H-pyrrole nitrogens is 1. The van der Waals surface area contributed by atoms with Gasteiger partial charge in [0.25, 0.3) is 5.91 Å². The van der Waals surface area contributed by atoms with E-state index < -0.39 is 29.9 Å². The van der Waals surface area contributed by atoms with Crippen LogP contribution in [-0.2, 0) is 16.0 Å². The van der Waals surface area contributed by atoms with Crippen LogP contribution >= 0.6 is 11.8 Å². The highest BCUT2D eigenvalue weighted by atomic mass is 32.2. The first kappa shape index (κ1) is 25.7. The van der Waals surface area contributed by atoms with Crippen LogP contribution < -0.4 is 10.6 Å². The van der Waals surface area contributed by atoms with Crippen molar-refractivity contribution < 1.29 is 24.3 Å². The largest absolute Gasteiger partial charge is 0.480 e. The molecule has 37 heavy (non-hydrogen) atoms. The fraction of sp³-hybridized carbons (Fsp3) is 0.143. The zero-order valence-electron chi connectivity index (χ0n) is 19.7. The monoisotopic (exact) mass is 515 g/mol. The molecule has 0 aliphatic rings. The molecule has 0 aliphatic heterocycles. The highest BCUT2D eigenvalue weighted by Crippen LogP contribution is 2.19. The fourth-order valence-corrected chi connectivity index (χ4v) is 4.68. The summed E-state index contributed by atoms with van der Waals surface area (Å²) in [7, 11) is 0. The summed E-state index contributed by atoms with van der Waals surface area (Å²) in [6, 6.07) is 22.0. The normalized spacial score (nSPS) is 12.4. The van der Waals surface area contributed by atoms with Crippen molar-refractivity contribution in [3.05, 3.63) is 108 Å². The number of para-hydroxylation sites is 1. The third-order valence-electron chi connectivity index (χ3n) is 5.76. The van der Waals surface area contributed by atoms with Crippen molar-refractivity contribution in [2.45, 2.75) is 18.5 Å². The lowest BCUT2D eigenvalue weighted by molar-refractivity contribution is -0.141. The van der Waals surface area contributed by atoms with Crippen LogP contribution in [-0.4, -0.2) is 50.8 Å². The van der Waals surface area contributed by atoms with Gasteiger partial charge in [-0.05, 0) is 23.8 Å². The molecule has 3 aromatic carbocycles. The van der Waals surface area contributed by atoms with Crippen LogP contribution in [0, 0.1) is 0 Å². The van der Waals surface area contributed by atoms with Crippen molar-refractivity contribution in [3.63, 3.8) is 0 Å². The minimum Gasteiger partial charge on any atom is -0.480 e. The second-order valence-corrected chi connectivity index (χ2v) is 9.31. The standard InChI is InChI=1S/C28H25N3O5S/c32-25(18-9-3-1-4-10-18)31-24(17-37-28(36)19-11-5-2-6-12-19)26(33)30-23(27(34)35)15-20-16-29-22-14-8-7-13-21(20)22/h1-14,16,23-24,29H,15,17H2,(H,30,33)(H,31,32)(H,34,35)/t23-,24?/m0/s1. The number of benzene rings is 3. The molecule has 0 spiro atoms. The number of aromatic amines is 1. The molecule has 0 fully saturated rings. The molecule has 188 valence electrons. The van der Waals surface area contributed by atoms with Crippen LogP contribution in [0.3, 0.4) is 0 Å². The third kappa shape index (κ3) is 6.65. The predicted octanol–water partition coefficient (Wildman–Crippen LogP) is 3.65. The summed E-state index contributed by atoms with van der Waals surface area (Å²) in [5, 5.41) is 15.6. The number of carbonyl (C=O) groups is 4. The molecule has 9 heteroatoms. The maximum Gasteiger partial charge on any atom is 0.326 e. The first-order valence-electron chi connectivity index (χ1n) is 11.6. The van der Waals surface area contributed by atoms with Gasteiger partial charge in [0, 0.05) is 40.4 Å². The van der Waals surface area contributed by atoms with E-state index >= 15 is 0 Å². The van der Waals surface area contributed by atoms with Crippen molar-refractivity contribution in [2.24, 2.45) is 0 Å². The summed E-state index contributed by atoms with van der Waals surface area (Å²) >= 11 is 0.879. The minimum atomic E-state index is -1.24. The van der Waals surface area contributed by atoms with Crippen LogP contribution in [0.25, 0.3) is 10.9 Å². The number of fused-ring (bicyclic) bond motifs is 1. The number of carboxylic acid groups (broad SMARTS) is 1. The second kappa shape index (κ2) is 12.0. The van der Waals surface area contributed by atoms with E-state index in [0.717, 1.165) is 28.2 Å². The summed E-state index contributed by atoms with van der Waals surface area (Å²) in [6.45, 7) is 0. The Bertz CT molecular complexity index is 1410. The smallest absolute Gasteiger partial charge is 0.326 e. The Balaban J connectivity index is 1.50. The Morgan fingerprint density at radius 2 is 1.41 bits per heavy atom. The summed E-state index contributed by atoms with van der Waals surface area (Å²) in [5.41, 5.74) is 2.40. The van der Waals surface area contributed by atoms with Gasteiger partial charge in [0.2, 0.25) is 11.0 Å². The van der Waals surface area contributed by atoms with Gasteiger partial charge in [-0.25, -0.2) is 4.79 Å². The Morgan fingerprint density at radius 1 is 0.784 bits per heavy atom. The fourth-order valence-electron chi connectivity index (χ4n) is 3.82. The highest BCUT2D eigenvalue weighted by molar-refractivity contribution is 8.14. The number of amides is 2. The summed E-state index contributed by atoms with van der Waals surface area (Å²) < 4.78 is 0. The first-order valence-corrected chi connectivity index (χ1v) is 12.6. The Labute approximate surface area is 217 Å². The van der Waals surface area contributed by atoms with Gasteiger partial charge >= 0.3 is 5.97 Å². The molecule has 4 rings (SSSR count). The lowest BCUT2D eigenvalue weighted by Crippen LogP contribution is -2.53. The van der Waals surface area contributed by atoms with E-state index in [0.29, 0.717) is 11.1 Å². The van der Waals surface area contributed by atoms with Gasteiger partial charge in [-0.15, -0.1) is 0 Å². The number of thioether (sulfide) groups is 1. The van der Waals surface area contributed by atoms with E-state index in [1.807, 2.05) is 24.3 Å². The Morgan fingerprint density at radius 3 is 2.08 bits per heavy atom. The van der Waals surface area contributed by atoms with Crippen molar-refractivity contribution in [2.75, 3.05) is 5.75 Å². The molecule has 1 heterocycles. The van der Waals surface area contributed by atoms with Crippen molar-refractivity contribution in [1.82, 2.24) is 15.6 Å². The summed E-state index contributed by atoms with van der Waals surface area (Å²) in [5.74, 6) is -2.47. The predicted molar refractivity (Wildman–Crippen MR) is 142 cm³/mol. The number of nitrogens with one attached hydrogen (secondary N) is 3. The van der Waals surface area contributed by atoms with Crippen LogP contribution in [0.4, 0.5) is 0 Å². The lowest BCUT2D eigenvalue weighted by atomic mass is 10.0. The van der Waals surface area contributed by atoms with E-state index in [2.05, 4.69) is 15.6 Å². The van der Waals surface area contributed by atoms with Crippen LogP contribution in [0.2, 0.25) is 0 Å². The maximum atomic E-state index is 13.2. The van der Waals surface area contributed by atoms with Gasteiger partial charge in [0.05, 0.1) is 0 Å². The van der Waals surface area contributed by atoms with Gasteiger partial charge < -0.3 is 20.7 Å².